The van der Waals surface area contributed by atoms with E-state index in [1.54, 1.807) is 0 Å². The zero-order valence-electron chi connectivity index (χ0n) is 6.86. The standard InChI is InChI=1S/C8H15NO2/c1-9-6-2-8(10)3-7(9)5-11-4-6/h6-8,10H,2-5H2,1H3/t6-,7+,8?. The van der Waals surface area contributed by atoms with E-state index in [-0.39, 0.29) is 6.10 Å². The molecule has 64 valence electrons. The minimum absolute atomic E-state index is 0.0925. The fourth-order valence-electron chi connectivity index (χ4n) is 2.07. The minimum atomic E-state index is -0.0925. The van der Waals surface area contributed by atoms with Gasteiger partial charge in [0.05, 0.1) is 19.3 Å². The third-order valence-electron chi connectivity index (χ3n) is 2.86. The lowest BCUT2D eigenvalue weighted by Crippen LogP contribution is -2.56. The third-order valence-corrected chi connectivity index (χ3v) is 2.86. The highest BCUT2D eigenvalue weighted by Crippen LogP contribution is 2.25. The number of rotatable bonds is 0. The topological polar surface area (TPSA) is 32.7 Å². The number of aliphatic hydroxyl groups is 1. The van der Waals surface area contributed by atoms with Crippen molar-refractivity contribution < 1.29 is 9.84 Å². The first-order chi connectivity index (χ1) is 5.27. The molecule has 2 bridgehead atoms. The molecule has 0 aromatic heterocycles. The monoisotopic (exact) mass is 157 g/mol. The number of hydrogen-bond acceptors (Lipinski definition) is 3. The number of ether oxygens (including phenoxy) is 1. The summed E-state index contributed by atoms with van der Waals surface area (Å²) in [4.78, 5) is 2.34. The van der Waals surface area contributed by atoms with E-state index >= 15 is 0 Å². The highest BCUT2D eigenvalue weighted by atomic mass is 16.5. The van der Waals surface area contributed by atoms with Crippen molar-refractivity contribution in [3.63, 3.8) is 0 Å². The molecule has 2 rings (SSSR count). The number of hydrogen-bond donors (Lipinski definition) is 1. The van der Waals surface area contributed by atoms with Crippen LogP contribution in [0.1, 0.15) is 12.8 Å². The summed E-state index contributed by atoms with van der Waals surface area (Å²) in [6.45, 7) is 1.59. The van der Waals surface area contributed by atoms with Gasteiger partial charge in [0, 0.05) is 12.1 Å². The van der Waals surface area contributed by atoms with Crippen molar-refractivity contribution in [2.45, 2.75) is 31.0 Å². The Kier molecular flexibility index (Phi) is 1.87. The van der Waals surface area contributed by atoms with Crippen molar-refractivity contribution in [3.8, 4) is 0 Å². The molecule has 3 heteroatoms. The summed E-state index contributed by atoms with van der Waals surface area (Å²) in [7, 11) is 2.13. The van der Waals surface area contributed by atoms with E-state index in [1.807, 2.05) is 0 Å². The number of aliphatic hydroxyl groups excluding tert-OH is 1. The van der Waals surface area contributed by atoms with Crippen molar-refractivity contribution in [2.24, 2.45) is 0 Å². The number of nitrogens with zero attached hydrogens (tertiary/aromatic N) is 1. The van der Waals surface area contributed by atoms with Crippen LogP contribution in [0, 0.1) is 0 Å². The van der Waals surface area contributed by atoms with Gasteiger partial charge in [-0.05, 0) is 19.9 Å². The van der Waals surface area contributed by atoms with Crippen LogP contribution in [0.3, 0.4) is 0 Å². The Hall–Kier alpha value is -0.120. The van der Waals surface area contributed by atoms with E-state index in [0.29, 0.717) is 12.1 Å². The summed E-state index contributed by atoms with van der Waals surface area (Å²) < 4.78 is 5.40. The van der Waals surface area contributed by atoms with Crippen LogP contribution < -0.4 is 0 Å². The molecule has 2 saturated heterocycles. The van der Waals surface area contributed by atoms with Gasteiger partial charge in [0.1, 0.15) is 0 Å². The molecule has 0 amide bonds. The first-order valence-corrected chi connectivity index (χ1v) is 4.25. The molecule has 0 aromatic carbocycles. The number of fused-ring (bicyclic) bond motifs is 2. The zero-order chi connectivity index (χ0) is 7.84. The maximum atomic E-state index is 9.45. The minimum Gasteiger partial charge on any atom is -0.393 e. The first-order valence-electron chi connectivity index (χ1n) is 4.25. The molecule has 3 atom stereocenters. The molecule has 2 fully saturated rings. The summed E-state index contributed by atoms with van der Waals surface area (Å²) in [5.41, 5.74) is 0. The predicted octanol–water partition coefficient (Wildman–Crippen LogP) is -0.160. The van der Waals surface area contributed by atoms with Crippen molar-refractivity contribution in [1.29, 1.82) is 0 Å². The summed E-state index contributed by atoms with van der Waals surface area (Å²) >= 11 is 0. The summed E-state index contributed by atoms with van der Waals surface area (Å²) in [5.74, 6) is 0. The van der Waals surface area contributed by atoms with Gasteiger partial charge in [-0.1, -0.05) is 0 Å². The van der Waals surface area contributed by atoms with Gasteiger partial charge in [0.2, 0.25) is 0 Å². The van der Waals surface area contributed by atoms with Gasteiger partial charge in [-0.3, -0.25) is 4.90 Å². The van der Waals surface area contributed by atoms with Crippen molar-refractivity contribution in [2.75, 3.05) is 20.3 Å². The Morgan fingerprint density at radius 2 is 1.82 bits per heavy atom. The molecule has 2 aliphatic rings. The Morgan fingerprint density at radius 3 is 2.36 bits per heavy atom. The molecular weight excluding hydrogens is 142 g/mol. The molecule has 1 N–H and O–H groups in total. The van der Waals surface area contributed by atoms with E-state index in [4.69, 9.17) is 4.74 Å². The lowest BCUT2D eigenvalue weighted by atomic mass is 9.93. The highest BCUT2D eigenvalue weighted by molar-refractivity contribution is 4.89. The molecule has 0 aromatic rings. The highest BCUT2D eigenvalue weighted by Gasteiger charge is 2.35. The lowest BCUT2D eigenvalue weighted by molar-refractivity contribution is -0.0930. The average molecular weight is 157 g/mol. The largest absolute Gasteiger partial charge is 0.393 e. The Bertz CT molecular complexity index is 137. The van der Waals surface area contributed by atoms with Gasteiger partial charge >= 0.3 is 0 Å². The SMILES string of the molecule is CN1[C@@H]2COC[C@H]1CC(O)C2. The summed E-state index contributed by atoms with van der Waals surface area (Å²) in [6, 6.07) is 0.912. The second kappa shape index (κ2) is 2.73. The van der Waals surface area contributed by atoms with Crippen LogP contribution in [0.25, 0.3) is 0 Å². The molecule has 2 heterocycles. The van der Waals surface area contributed by atoms with Gasteiger partial charge in [-0.15, -0.1) is 0 Å². The molecule has 2 aliphatic heterocycles. The van der Waals surface area contributed by atoms with E-state index in [0.717, 1.165) is 26.1 Å². The van der Waals surface area contributed by atoms with Crippen molar-refractivity contribution in [3.05, 3.63) is 0 Å². The third kappa shape index (κ3) is 1.28. The Morgan fingerprint density at radius 1 is 1.27 bits per heavy atom. The van der Waals surface area contributed by atoms with Crippen LogP contribution >= 0.6 is 0 Å². The summed E-state index contributed by atoms with van der Waals surface area (Å²) in [6.07, 6.45) is 1.67. The van der Waals surface area contributed by atoms with Crippen LogP contribution in [0.15, 0.2) is 0 Å². The second-order valence-electron chi connectivity index (χ2n) is 3.64. The maximum Gasteiger partial charge on any atom is 0.0623 e. The van der Waals surface area contributed by atoms with Gasteiger partial charge in [-0.25, -0.2) is 0 Å². The molecule has 3 nitrogen and oxygen atoms in total. The molecule has 0 spiro atoms. The molecule has 0 radical (unpaired) electrons. The Balaban J connectivity index is 2.07. The zero-order valence-corrected chi connectivity index (χ0v) is 6.86. The predicted molar refractivity (Wildman–Crippen MR) is 41.4 cm³/mol. The van der Waals surface area contributed by atoms with Crippen LogP contribution in [-0.2, 0) is 4.74 Å². The maximum absolute atomic E-state index is 9.45. The van der Waals surface area contributed by atoms with Crippen LogP contribution in [0.4, 0.5) is 0 Å². The Labute approximate surface area is 66.9 Å². The second-order valence-corrected chi connectivity index (χ2v) is 3.64. The molecular formula is C8H15NO2. The average Bonchev–Trinajstić information content (AvgIpc) is 1.92. The quantitative estimate of drug-likeness (QED) is 0.530. The van der Waals surface area contributed by atoms with Gasteiger partial charge in [-0.2, -0.15) is 0 Å². The number of piperidine rings is 1. The fraction of sp³-hybridized carbons (Fsp3) is 1.00. The first kappa shape index (κ1) is 7.53. The lowest BCUT2D eigenvalue weighted by Gasteiger charge is -2.45. The van der Waals surface area contributed by atoms with Gasteiger partial charge < -0.3 is 9.84 Å². The molecule has 0 saturated carbocycles. The van der Waals surface area contributed by atoms with Gasteiger partial charge in [0.15, 0.2) is 0 Å². The fourth-order valence-corrected chi connectivity index (χ4v) is 2.07. The smallest absolute Gasteiger partial charge is 0.0623 e. The van der Waals surface area contributed by atoms with Gasteiger partial charge in [0.25, 0.3) is 0 Å². The van der Waals surface area contributed by atoms with E-state index in [2.05, 4.69) is 11.9 Å². The molecule has 1 unspecified atom stereocenters. The van der Waals surface area contributed by atoms with Crippen LogP contribution in [0.5, 0.6) is 0 Å². The molecule has 0 aliphatic carbocycles. The van der Waals surface area contributed by atoms with Crippen LogP contribution in [-0.4, -0.2) is 48.5 Å². The van der Waals surface area contributed by atoms with E-state index in [9.17, 15) is 5.11 Å². The van der Waals surface area contributed by atoms with Crippen LogP contribution in [0.2, 0.25) is 0 Å². The van der Waals surface area contributed by atoms with Crippen molar-refractivity contribution in [1.82, 2.24) is 4.90 Å². The normalized spacial score (nSPS) is 45.8. The molecule has 11 heavy (non-hydrogen) atoms. The van der Waals surface area contributed by atoms with E-state index < -0.39 is 0 Å². The van der Waals surface area contributed by atoms with E-state index in [1.165, 1.54) is 0 Å². The van der Waals surface area contributed by atoms with Crippen molar-refractivity contribution >= 4 is 0 Å². The number of likely N-dealkylation sites (N-methyl/N-ethyl adjacent to an activating group) is 1. The number of morpholine rings is 1. The summed E-state index contributed by atoms with van der Waals surface area (Å²) in [5, 5.41) is 9.45.